The number of likely N-dealkylation sites (tertiary alicyclic amines) is 1. The molecule has 3 rings (SSSR count). The number of carbonyl (C=O) groups is 2. The molecule has 12 heteroatoms. The van der Waals surface area contributed by atoms with Crippen LogP contribution in [0.2, 0.25) is 0 Å². The number of halogens is 6. The second-order valence-corrected chi connectivity index (χ2v) is 8.13. The molecule has 1 saturated heterocycles. The van der Waals surface area contributed by atoms with Gasteiger partial charge in [-0.05, 0) is 42.2 Å². The van der Waals surface area contributed by atoms with E-state index in [-0.39, 0.29) is 12.1 Å². The van der Waals surface area contributed by atoms with E-state index in [1.807, 2.05) is 35.8 Å². The smallest absolute Gasteiger partial charge is 0.368 e. The standard InChI is InChI=1S/C23H23F6N3O3/c24-22(25,26)16-10-14(11-17(12-16)23(27,28)29)13-35-31-21(34)19(20(30)33)32-9-5-4-8-18(32)15-6-2-1-3-7-15/h1-3,6-7,10-12,18-19H,4-5,8-9,13H2,(H2,30,33)(H,31,34)/t18-,19-/m0/s1. The van der Waals surface area contributed by atoms with Gasteiger partial charge in [-0.25, -0.2) is 5.48 Å². The van der Waals surface area contributed by atoms with Crippen molar-refractivity contribution in [3.63, 3.8) is 0 Å². The summed E-state index contributed by atoms with van der Waals surface area (Å²) in [5, 5.41) is 0. The highest BCUT2D eigenvalue weighted by atomic mass is 19.4. The quantitative estimate of drug-likeness (QED) is 0.334. The topological polar surface area (TPSA) is 84.7 Å². The van der Waals surface area contributed by atoms with Crippen molar-refractivity contribution in [1.29, 1.82) is 0 Å². The SMILES string of the molecule is NC(=O)[C@@H](C(=O)NOCc1cc(C(F)(F)F)cc(C(F)(F)F)c1)N1CCCC[C@H]1c1ccccc1. The van der Waals surface area contributed by atoms with Gasteiger partial charge in [0, 0.05) is 12.6 Å². The molecule has 0 aliphatic carbocycles. The van der Waals surface area contributed by atoms with Crippen LogP contribution < -0.4 is 11.2 Å². The summed E-state index contributed by atoms with van der Waals surface area (Å²) in [4.78, 5) is 31.5. The number of benzene rings is 2. The van der Waals surface area contributed by atoms with Crippen LogP contribution in [0.1, 0.15) is 47.6 Å². The summed E-state index contributed by atoms with van der Waals surface area (Å²) < 4.78 is 78.2. The van der Waals surface area contributed by atoms with E-state index < -0.39 is 53.5 Å². The summed E-state index contributed by atoms with van der Waals surface area (Å²) in [6, 6.07) is 8.38. The van der Waals surface area contributed by atoms with E-state index in [1.54, 1.807) is 4.90 Å². The summed E-state index contributed by atoms with van der Waals surface area (Å²) in [5.74, 6) is -1.93. The van der Waals surface area contributed by atoms with Gasteiger partial charge in [-0.3, -0.25) is 19.3 Å². The number of primary amides is 1. The molecule has 0 radical (unpaired) electrons. The van der Waals surface area contributed by atoms with Gasteiger partial charge in [0.25, 0.3) is 5.91 Å². The van der Waals surface area contributed by atoms with Crippen LogP contribution >= 0.6 is 0 Å². The molecule has 6 nitrogen and oxygen atoms in total. The molecule has 1 aliphatic heterocycles. The maximum atomic E-state index is 13.0. The lowest BCUT2D eigenvalue weighted by Gasteiger charge is -2.39. The number of nitrogens with zero attached hydrogens (tertiary/aromatic N) is 1. The second kappa shape index (κ2) is 10.6. The predicted octanol–water partition coefficient (Wildman–Crippen LogP) is 4.35. The van der Waals surface area contributed by atoms with Gasteiger partial charge in [0.15, 0.2) is 6.04 Å². The fraction of sp³-hybridized carbons (Fsp3) is 0.391. The van der Waals surface area contributed by atoms with E-state index in [9.17, 15) is 35.9 Å². The van der Waals surface area contributed by atoms with Gasteiger partial charge in [0.2, 0.25) is 5.91 Å². The molecule has 1 fully saturated rings. The number of carbonyl (C=O) groups excluding carboxylic acids is 2. The predicted molar refractivity (Wildman–Crippen MR) is 112 cm³/mol. The zero-order valence-electron chi connectivity index (χ0n) is 18.3. The maximum Gasteiger partial charge on any atom is 0.416 e. The van der Waals surface area contributed by atoms with Crippen molar-refractivity contribution in [1.82, 2.24) is 10.4 Å². The largest absolute Gasteiger partial charge is 0.416 e. The van der Waals surface area contributed by atoms with Crippen molar-refractivity contribution < 1.29 is 40.8 Å². The fourth-order valence-corrected chi connectivity index (χ4v) is 4.09. The van der Waals surface area contributed by atoms with Crippen molar-refractivity contribution in [2.45, 2.75) is 50.3 Å². The molecule has 1 heterocycles. The minimum absolute atomic E-state index is 0.00865. The van der Waals surface area contributed by atoms with E-state index >= 15 is 0 Å². The summed E-state index contributed by atoms with van der Waals surface area (Å²) in [6.45, 7) is -0.421. The molecule has 2 aromatic carbocycles. The number of nitrogens with one attached hydrogen (secondary N) is 1. The number of hydroxylamine groups is 1. The molecule has 0 spiro atoms. The Morgan fingerprint density at radius 1 is 1.00 bits per heavy atom. The Kier molecular flexibility index (Phi) is 8.06. The summed E-state index contributed by atoms with van der Waals surface area (Å²) in [5.41, 5.74) is 4.82. The molecule has 0 unspecified atom stereocenters. The van der Waals surface area contributed by atoms with Gasteiger partial charge < -0.3 is 5.73 Å². The molecule has 2 amide bonds. The molecule has 0 bridgehead atoms. The number of hydrogen-bond donors (Lipinski definition) is 2. The minimum Gasteiger partial charge on any atom is -0.368 e. The lowest BCUT2D eigenvalue weighted by Crippen LogP contribution is -2.56. The first kappa shape index (κ1) is 26.5. The molecule has 2 atom stereocenters. The number of amides is 2. The average molecular weight is 503 g/mol. The van der Waals surface area contributed by atoms with Gasteiger partial charge in [0.05, 0.1) is 17.7 Å². The monoisotopic (exact) mass is 503 g/mol. The van der Waals surface area contributed by atoms with Gasteiger partial charge >= 0.3 is 12.4 Å². The Morgan fingerprint density at radius 2 is 1.60 bits per heavy atom. The molecule has 2 aromatic rings. The van der Waals surface area contributed by atoms with Crippen molar-refractivity contribution >= 4 is 11.8 Å². The normalized spacial score (nSPS) is 18.2. The number of hydrogen-bond acceptors (Lipinski definition) is 4. The van der Waals surface area contributed by atoms with Gasteiger partial charge in [-0.2, -0.15) is 26.3 Å². The van der Waals surface area contributed by atoms with Crippen LogP contribution in [0.25, 0.3) is 0 Å². The molecule has 0 aromatic heterocycles. The van der Waals surface area contributed by atoms with Crippen LogP contribution in [-0.2, 0) is 33.4 Å². The zero-order chi connectivity index (χ0) is 25.8. The van der Waals surface area contributed by atoms with Crippen molar-refractivity contribution in [3.8, 4) is 0 Å². The highest BCUT2D eigenvalue weighted by Gasteiger charge is 2.39. The summed E-state index contributed by atoms with van der Waals surface area (Å²) >= 11 is 0. The van der Waals surface area contributed by atoms with Crippen LogP contribution in [0, 0.1) is 0 Å². The van der Waals surface area contributed by atoms with Crippen LogP contribution in [-0.4, -0.2) is 29.3 Å². The Bertz CT molecular complexity index is 1010. The molecule has 190 valence electrons. The highest BCUT2D eigenvalue weighted by Crippen LogP contribution is 2.36. The molecule has 35 heavy (non-hydrogen) atoms. The minimum atomic E-state index is -5.02. The zero-order valence-corrected chi connectivity index (χ0v) is 18.3. The first-order valence-electron chi connectivity index (χ1n) is 10.7. The van der Waals surface area contributed by atoms with Crippen molar-refractivity contribution in [2.75, 3.05) is 6.54 Å². The molecular weight excluding hydrogens is 480 g/mol. The molecule has 0 saturated carbocycles. The first-order chi connectivity index (χ1) is 16.4. The lowest BCUT2D eigenvalue weighted by atomic mass is 9.93. The maximum absolute atomic E-state index is 13.0. The van der Waals surface area contributed by atoms with E-state index in [0.29, 0.717) is 31.5 Å². The lowest BCUT2D eigenvalue weighted by molar-refractivity contribution is -0.148. The second-order valence-electron chi connectivity index (χ2n) is 8.13. The Morgan fingerprint density at radius 3 is 2.14 bits per heavy atom. The van der Waals surface area contributed by atoms with Crippen LogP contribution in [0.4, 0.5) is 26.3 Å². The average Bonchev–Trinajstić information content (AvgIpc) is 2.78. The molecular formula is C23H23F6N3O3. The summed E-state index contributed by atoms with van der Waals surface area (Å²) in [7, 11) is 0. The fourth-order valence-electron chi connectivity index (χ4n) is 4.09. The van der Waals surface area contributed by atoms with Crippen molar-refractivity contribution in [2.24, 2.45) is 5.73 Å². The van der Waals surface area contributed by atoms with Gasteiger partial charge in [-0.1, -0.05) is 36.8 Å². The molecule has 1 aliphatic rings. The third-order valence-corrected chi connectivity index (χ3v) is 5.64. The third kappa shape index (κ3) is 6.73. The van der Waals surface area contributed by atoms with E-state index in [0.717, 1.165) is 12.0 Å². The van der Waals surface area contributed by atoms with Gasteiger partial charge in [-0.15, -0.1) is 0 Å². The third-order valence-electron chi connectivity index (χ3n) is 5.64. The van der Waals surface area contributed by atoms with Crippen LogP contribution in [0.5, 0.6) is 0 Å². The van der Waals surface area contributed by atoms with E-state index in [2.05, 4.69) is 0 Å². The number of alkyl halides is 6. The Hall–Kier alpha value is -3.12. The van der Waals surface area contributed by atoms with Crippen LogP contribution in [0.3, 0.4) is 0 Å². The summed E-state index contributed by atoms with van der Waals surface area (Å²) in [6.07, 6.45) is -7.82. The highest BCUT2D eigenvalue weighted by molar-refractivity contribution is 6.03. The first-order valence-corrected chi connectivity index (χ1v) is 10.7. The Labute approximate surface area is 197 Å². The van der Waals surface area contributed by atoms with E-state index in [1.165, 1.54) is 0 Å². The number of piperidine rings is 1. The van der Waals surface area contributed by atoms with Gasteiger partial charge in [0.1, 0.15) is 0 Å². The number of nitrogens with two attached hydrogens (primary N) is 1. The van der Waals surface area contributed by atoms with Crippen molar-refractivity contribution in [3.05, 3.63) is 70.8 Å². The number of rotatable bonds is 7. The van der Waals surface area contributed by atoms with Crippen LogP contribution in [0.15, 0.2) is 48.5 Å². The van der Waals surface area contributed by atoms with E-state index in [4.69, 9.17) is 10.6 Å². The molecule has 3 N–H and O–H groups in total. The Balaban J connectivity index is 1.74.